The summed E-state index contributed by atoms with van der Waals surface area (Å²) in [6.07, 6.45) is 1.98. The number of hydrogen-bond acceptors (Lipinski definition) is 2. The van der Waals surface area contributed by atoms with Crippen LogP contribution in [-0.2, 0) is 0 Å². The summed E-state index contributed by atoms with van der Waals surface area (Å²) in [5, 5.41) is 9.31. The Balaban J connectivity index is 2.24. The van der Waals surface area contributed by atoms with Crippen LogP contribution < -0.4 is 0 Å². The monoisotopic (exact) mass is 261 g/mol. The minimum Gasteiger partial charge on any atom is -0.396 e. The van der Waals surface area contributed by atoms with Gasteiger partial charge in [0.25, 0.3) is 5.91 Å². The highest BCUT2D eigenvalue weighted by molar-refractivity contribution is 5.96. The molecule has 1 aliphatic rings. The van der Waals surface area contributed by atoms with Gasteiger partial charge in [-0.15, -0.1) is 0 Å². The van der Waals surface area contributed by atoms with E-state index in [1.807, 2.05) is 36.9 Å². The normalized spacial score (nSPS) is 23.5. The lowest BCUT2D eigenvalue weighted by Crippen LogP contribution is -2.46. The molecule has 2 atom stereocenters. The predicted octanol–water partition coefficient (Wildman–Crippen LogP) is 2.54. The van der Waals surface area contributed by atoms with Crippen LogP contribution in [0.5, 0.6) is 0 Å². The molecule has 1 aromatic carbocycles. The van der Waals surface area contributed by atoms with Gasteiger partial charge in [0, 0.05) is 24.8 Å². The van der Waals surface area contributed by atoms with Crippen molar-refractivity contribution in [2.24, 2.45) is 5.92 Å². The molecule has 1 fully saturated rings. The topological polar surface area (TPSA) is 40.5 Å². The molecule has 0 spiro atoms. The number of likely N-dealkylation sites (tertiary alicyclic amines) is 1. The zero-order chi connectivity index (χ0) is 14.0. The first-order chi connectivity index (χ1) is 9.04. The summed E-state index contributed by atoms with van der Waals surface area (Å²) >= 11 is 0. The van der Waals surface area contributed by atoms with Gasteiger partial charge >= 0.3 is 0 Å². The Bertz CT molecular complexity index is 470. The molecule has 2 unspecified atom stereocenters. The van der Waals surface area contributed by atoms with Crippen LogP contribution in [0.2, 0.25) is 0 Å². The van der Waals surface area contributed by atoms with E-state index in [-0.39, 0.29) is 24.5 Å². The summed E-state index contributed by atoms with van der Waals surface area (Å²) in [5.74, 6) is 0.331. The summed E-state index contributed by atoms with van der Waals surface area (Å²) in [5.41, 5.74) is 3.01. The summed E-state index contributed by atoms with van der Waals surface area (Å²) < 4.78 is 0. The lowest BCUT2D eigenvalue weighted by atomic mass is 9.92. The van der Waals surface area contributed by atoms with Crippen molar-refractivity contribution in [3.05, 3.63) is 34.9 Å². The van der Waals surface area contributed by atoms with Crippen LogP contribution in [0.1, 0.15) is 41.3 Å². The zero-order valence-corrected chi connectivity index (χ0v) is 12.0. The molecule has 0 bridgehead atoms. The van der Waals surface area contributed by atoms with Crippen LogP contribution in [0.25, 0.3) is 0 Å². The van der Waals surface area contributed by atoms with E-state index in [9.17, 15) is 9.90 Å². The molecule has 0 radical (unpaired) electrons. The van der Waals surface area contributed by atoms with Crippen molar-refractivity contribution in [2.45, 2.75) is 39.7 Å². The second-order valence-electron chi connectivity index (χ2n) is 5.68. The van der Waals surface area contributed by atoms with Gasteiger partial charge in [-0.2, -0.15) is 0 Å². The molecule has 19 heavy (non-hydrogen) atoms. The molecule has 2 rings (SSSR count). The largest absolute Gasteiger partial charge is 0.396 e. The van der Waals surface area contributed by atoms with Crippen LogP contribution in [0.4, 0.5) is 0 Å². The highest BCUT2D eigenvalue weighted by Gasteiger charge is 2.29. The van der Waals surface area contributed by atoms with Crippen LogP contribution in [0.15, 0.2) is 18.2 Å². The fourth-order valence-corrected chi connectivity index (χ4v) is 2.75. The van der Waals surface area contributed by atoms with Crippen molar-refractivity contribution < 1.29 is 9.90 Å². The number of carbonyl (C=O) groups excluding carboxylic acids is 1. The Labute approximate surface area is 115 Å². The fourth-order valence-electron chi connectivity index (χ4n) is 2.75. The first-order valence-electron chi connectivity index (χ1n) is 7.02. The number of amides is 1. The van der Waals surface area contributed by atoms with Gasteiger partial charge in [-0.25, -0.2) is 0 Å². The van der Waals surface area contributed by atoms with Crippen molar-refractivity contribution in [3.63, 3.8) is 0 Å². The minimum absolute atomic E-state index is 0.104. The van der Waals surface area contributed by atoms with E-state index in [1.54, 1.807) is 0 Å². The smallest absolute Gasteiger partial charge is 0.254 e. The number of aliphatic hydroxyl groups excluding tert-OH is 1. The Hall–Kier alpha value is -1.35. The summed E-state index contributed by atoms with van der Waals surface area (Å²) in [7, 11) is 0. The second kappa shape index (κ2) is 5.74. The number of aryl methyl sites for hydroxylation is 1. The van der Waals surface area contributed by atoms with E-state index in [1.165, 1.54) is 0 Å². The summed E-state index contributed by atoms with van der Waals surface area (Å²) in [6.45, 7) is 6.97. The number of nitrogens with zero attached hydrogens (tertiary/aromatic N) is 1. The molecular weight excluding hydrogens is 238 g/mol. The van der Waals surface area contributed by atoms with E-state index in [2.05, 4.69) is 6.92 Å². The molecule has 1 amide bonds. The van der Waals surface area contributed by atoms with Crippen molar-refractivity contribution in [1.29, 1.82) is 0 Å². The van der Waals surface area contributed by atoms with Crippen LogP contribution in [0.3, 0.4) is 0 Å². The average molecular weight is 261 g/mol. The van der Waals surface area contributed by atoms with E-state index < -0.39 is 0 Å². The Morgan fingerprint density at radius 3 is 2.79 bits per heavy atom. The van der Waals surface area contributed by atoms with Crippen molar-refractivity contribution in [1.82, 2.24) is 4.90 Å². The van der Waals surface area contributed by atoms with Gasteiger partial charge in [-0.1, -0.05) is 12.1 Å². The third-order valence-corrected chi connectivity index (χ3v) is 4.33. The molecule has 0 aromatic heterocycles. The van der Waals surface area contributed by atoms with Crippen molar-refractivity contribution in [3.8, 4) is 0 Å². The molecule has 1 aliphatic heterocycles. The predicted molar refractivity (Wildman–Crippen MR) is 76.2 cm³/mol. The zero-order valence-electron chi connectivity index (χ0n) is 12.0. The van der Waals surface area contributed by atoms with Crippen LogP contribution in [0, 0.1) is 19.8 Å². The maximum absolute atomic E-state index is 12.7. The first-order valence-corrected chi connectivity index (χ1v) is 7.02. The number of piperidine rings is 1. The molecule has 3 heteroatoms. The number of benzene rings is 1. The van der Waals surface area contributed by atoms with E-state index in [4.69, 9.17) is 0 Å². The lowest BCUT2D eigenvalue weighted by Gasteiger charge is -2.37. The van der Waals surface area contributed by atoms with Gasteiger partial charge in [-0.05, 0) is 56.7 Å². The van der Waals surface area contributed by atoms with Crippen LogP contribution >= 0.6 is 0 Å². The molecule has 1 N–H and O–H groups in total. The lowest BCUT2D eigenvalue weighted by molar-refractivity contribution is 0.0488. The summed E-state index contributed by atoms with van der Waals surface area (Å²) in [4.78, 5) is 14.6. The maximum Gasteiger partial charge on any atom is 0.254 e. The van der Waals surface area contributed by atoms with E-state index in [0.29, 0.717) is 6.54 Å². The average Bonchev–Trinajstić information content (AvgIpc) is 2.42. The van der Waals surface area contributed by atoms with Gasteiger partial charge in [0.1, 0.15) is 0 Å². The van der Waals surface area contributed by atoms with Gasteiger partial charge in [0.15, 0.2) is 0 Å². The minimum atomic E-state index is 0.104. The molecule has 0 saturated carbocycles. The number of carbonyl (C=O) groups is 1. The Morgan fingerprint density at radius 1 is 1.37 bits per heavy atom. The van der Waals surface area contributed by atoms with E-state index >= 15 is 0 Å². The molecule has 1 saturated heterocycles. The molecule has 0 aliphatic carbocycles. The number of rotatable bonds is 2. The van der Waals surface area contributed by atoms with Gasteiger partial charge in [0.2, 0.25) is 0 Å². The molecule has 1 aromatic rings. The standard InChI is InChI=1S/C16H23NO2/c1-11-5-4-6-15(13(11)3)16(19)17-9-14(10-18)8-7-12(17)2/h4-6,12,14,18H,7-10H2,1-3H3. The number of aliphatic hydroxyl groups is 1. The fraction of sp³-hybridized carbons (Fsp3) is 0.562. The third kappa shape index (κ3) is 2.81. The highest BCUT2D eigenvalue weighted by Crippen LogP contribution is 2.25. The second-order valence-corrected chi connectivity index (χ2v) is 5.68. The Kier molecular flexibility index (Phi) is 4.25. The van der Waals surface area contributed by atoms with E-state index in [0.717, 1.165) is 29.5 Å². The van der Waals surface area contributed by atoms with Gasteiger partial charge in [-0.3, -0.25) is 4.79 Å². The van der Waals surface area contributed by atoms with Gasteiger partial charge in [0.05, 0.1) is 0 Å². The quantitative estimate of drug-likeness (QED) is 0.888. The number of hydrogen-bond donors (Lipinski definition) is 1. The molecule has 104 valence electrons. The Morgan fingerprint density at radius 2 is 2.11 bits per heavy atom. The highest BCUT2D eigenvalue weighted by atomic mass is 16.3. The van der Waals surface area contributed by atoms with Crippen LogP contribution in [-0.4, -0.2) is 35.1 Å². The first kappa shape index (κ1) is 14.1. The van der Waals surface area contributed by atoms with Crippen molar-refractivity contribution in [2.75, 3.05) is 13.2 Å². The molecule has 1 heterocycles. The van der Waals surface area contributed by atoms with Crippen molar-refractivity contribution >= 4 is 5.91 Å². The molecule has 3 nitrogen and oxygen atoms in total. The maximum atomic E-state index is 12.7. The molecular formula is C16H23NO2. The van der Waals surface area contributed by atoms with Gasteiger partial charge < -0.3 is 10.0 Å². The summed E-state index contributed by atoms with van der Waals surface area (Å²) in [6, 6.07) is 6.13. The SMILES string of the molecule is Cc1cccc(C(=O)N2CC(CO)CCC2C)c1C. The third-order valence-electron chi connectivity index (χ3n) is 4.33.